The third-order valence-electron chi connectivity index (χ3n) is 5.16. The van der Waals surface area contributed by atoms with Crippen molar-refractivity contribution in [3.63, 3.8) is 0 Å². The molecule has 4 unspecified atom stereocenters. The van der Waals surface area contributed by atoms with Crippen molar-refractivity contribution < 1.29 is 8.42 Å². The molecule has 0 radical (unpaired) electrons. The Morgan fingerprint density at radius 1 is 0.950 bits per heavy atom. The molecule has 20 heavy (non-hydrogen) atoms. The zero-order valence-electron chi connectivity index (χ0n) is 12.6. The van der Waals surface area contributed by atoms with E-state index in [9.17, 15) is 8.42 Å². The summed E-state index contributed by atoms with van der Waals surface area (Å²) in [6.45, 7) is 9.14. The molecule has 3 aliphatic rings. The summed E-state index contributed by atoms with van der Waals surface area (Å²) in [6, 6.07) is 0. The van der Waals surface area contributed by atoms with E-state index in [0.717, 1.165) is 25.9 Å². The van der Waals surface area contributed by atoms with Crippen LogP contribution in [0.2, 0.25) is 0 Å². The van der Waals surface area contributed by atoms with Crippen LogP contribution >= 0.6 is 0 Å². The van der Waals surface area contributed by atoms with Gasteiger partial charge in [-0.25, -0.2) is 0 Å². The Balaban J connectivity index is 1.71. The molecule has 3 aliphatic heterocycles. The standard InChI is InChI=1S/C14H27N3O2S/c1-11-5-12(2)9-17(8-11)20(18,19)16-4-3-13-6-15-7-14(13)10-16/h11-15H,3-10H2,1-2H3. The average molecular weight is 301 g/mol. The Kier molecular flexibility index (Phi) is 4.10. The molecule has 0 aromatic heterocycles. The number of hydrogen-bond acceptors (Lipinski definition) is 3. The van der Waals surface area contributed by atoms with E-state index in [0.29, 0.717) is 49.9 Å². The largest absolute Gasteiger partial charge is 0.316 e. The Labute approximate surface area is 122 Å². The van der Waals surface area contributed by atoms with E-state index in [1.54, 1.807) is 8.61 Å². The van der Waals surface area contributed by atoms with Gasteiger partial charge in [-0.3, -0.25) is 0 Å². The molecule has 5 nitrogen and oxygen atoms in total. The van der Waals surface area contributed by atoms with Crippen molar-refractivity contribution >= 4 is 10.2 Å². The fourth-order valence-corrected chi connectivity index (χ4v) is 6.10. The molecule has 4 atom stereocenters. The molecule has 3 saturated heterocycles. The van der Waals surface area contributed by atoms with Crippen molar-refractivity contribution in [3.05, 3.63) is 0 Å². The van der Waals surface area contributed by atoms with Gasteiger partial charge in [0.25, 0.3) is 10.2 Å². The number of piperidine rings is 2. The summed E-state index contributed by atoms with van der Waals surface area (Å²) < 4.78 is 29.2. The van der Waals surface area contributed by atoms with Crippen LogP contribution < -0.4 is 5.32 Å². The van der Waals surface area contributed by atoms with Crippen molar-refractivity contribution in [1.82, 2.24) is 13.9 Å². The van der Waals surface area contributed by atoms with Gasteiger partial charge in [0.05, 0.1) is 0 Å². The first kappa shape index (κ1) is 14.8. The number of hydrogen-bond donors (Lipinski definition) is 1. The van der Waals surface area contributed by atoms with E-state index in [-0.39, 0.29) is 0 Å². The Morgan fingerprint density at radius 2 is 1.60 bits per heavy atom. The summed E-state index contributed by atoms with van der Waals surface area (Å²) >= 11 is 0. The fourth-order valence-electron chi connectivity index (χ4n) is 4.17. The van der Waals surface area contributed by atoms with Gasteiger partial charge in [0, 0.05) is 26.2 Å². The lowest BCUT2D eigenvalue weighted by molar-refractivity contribution is 0.182. The number of nitrogens with zero attached hydrogens (tertiary/aromatic N) is 2. The molecule has 0 saturated carbocycles. The van der Waals surface area contributed by atoms with Gasteiger partial charge in [-0.05, 0) is 49.6 Å². The molecule has 3 rings (SSSR count). The number of nitrogens with one attached hydrogen (secondary N) is 1. The maximum Gasteiger partial charge on any atom is 0.282 e. The third kappa shape index (κ3) is 2.75. The van der Waals surface area contributed by atoms with Crippen molar-refractivity contribution in [1.29, 1.82) is 0 Å². The van der Waals surface area contributed by atoms with E-state index in [1.807, 2.05) is 0 Å². The molecule has 6 heteroatoms. The molecule has 1 N–H and O–H groups in total. The van der Waals surface area contributed by atoms with E-state index in [2.05, 4.69) is 19.2 Å². The van der Waals surface area contributed by atoms with Crippen molar-refractivity contribution in [2.75, 3.05) is 39.3 Å². The Bertz CT molecular complexity index is 443. The van der Waals surface area contributed by atoms with Gasteiger partial charge in [0.1, 0.15) is 0 Å². The van der Waals surface area contributed by atoms with Crippen LogP contribution in [0.15, 0.2) is 0 Å². The molecule has 0 aromatic rings. The lowest BCUT2D eigenvalue weighted by atomic mass is 9.90. The summed E-state index contributed by atoms with van der Waals surface area (Å²) in [5.41, 5.74) is 0. The van der Waals surface area contributed by atoms with Crippen molar-refractivity contribution in [2.24, 2.45) is 23.7 Å². The topological polar surface area (TPSA) is 52.7 Å². The van der Waals surface area contributed by atoms with Crippen molar-refractivity contribution in [2.45, 2.75) is 26.7 Å². The quantitative estimate of drug-likeness (QED) is 0.819. The SMILES string of the molecule is CC1CC(C)CN(S(=O)(=O)N2CCC3CNCC3C2)C1. The summed E-state index contributed by atoms with van der Waals surface area (Å²) in [5, 5.41) is 3.39. The van der Waals surface area contributed by atoms with E-state index < -0.39 is 10.2 Å². The van der Waals surface area contributed by atoms with E-state index in [1.165, 1.54) is 0 Å². The molecule has 0 aromatic carbocycles. The summed E-state index contributed by atoms with van der Waals surface area (Å²) in [5.74, 6) is 2.14. The van der Waals surface area contributed by atoms with Crippen LogP contribution in [0.5, 0.6) is 0 Å². The highest BCUT2D eigenvalue weighted by atomic mass is 32.2. The second-order valence-corrected chi connectivity index (χ2v) is 9.02. The lowest BCUT2D eigenvalue weighted by Crippen LogP contribution is -2.53. The molecule has 0 amide bonds. The number of fused-ring (bicyclic) bond motifs is 1. The predicted molar refractivity (Wildman–Crippen MR) is 79.5 cm³/mol. The first-order valence-electron chi connectivity index (χ1n) is 7.92. The minimum atomic E-state index is -3.25. The van der Waals surface area contributed by atoms with Gasteiger partial charge >= 0.3 is 0 Å². The molecule has 116 valence electrons. The van der Waals surface area contributed by atoms with Crippen LogP contribution in [0.3, 0.4) is 0 Å². The average Bonchev–Trinajstić information content (AvgIpc) is 2.84. The zero-order chi connectivity index (χ0) is 14.3. The molecule has 0 bridgehead atoms. The number of rotatable bonds is 2. The van der Waals surface area contributed by atoms with Crippen LogP contribution in [-0.4, -0.2) is 56.3 Å². The van der Waals surface area contributed by atoms with Crippen LogP contribution in [-0.2, 0) is 10.2 Å². The predicted octanol–water partition coefficient (Wildman–Crippen LogP) is 0.750. The molecule has 0 spiro atoms. The highest BCUT2D eigenvalue weighted by molar-refractivity contribution is 7.86. The summed E-state index contributed by atoms with van der Waals surface area (Å²) in [4.78, 5) is 0. The van der Waals surface area contributed by atoms with Crippen LogP contribution in [0, 0.1) is 23.7 Å². The van der Waals surface area contributed by atoms with Crippen LogP contribution in [0.4, 0.5) is 0 Å². The summed E-state index contributed by atoms with van der Waals surface area (Å²) in [6.07, 6.45) is 2.15. The van der Waals surface area contributed by atoms with Crippen molar-refractivity contribution in [3.8, 4) is 0 Å². The Morgan fingerprint density at radius 3 is 2.30 bits per heavy atom. The molecular formula is C14H27N3O2S. The minimum Gasteiger partial charge on any atom is -0.316 e. The summed E-state index contributed by atoms with van der Waals surface area (Å²) in [7, 11) is -3.25. The van der Waals surface area contributed by atoms with Crippen LogP contribution in [0.1, 0.15) is 26.7 Å². The Hall–Kier alpha value is -0.170. The molecular weight excluding hydrogens is 274 g/mol. The zero-order valence-corrected chi connectivity index (χ0v) is 13.4. The second-order valence-electron chi connectivity index (χ2n) is 7.10. The van der Waals surface area contributed by atoms with Crippen LogP contribution in [0.25, 0.3) is 0 Å². The molecule has 0 aliphatic carbocycles. The molecule has 3 fully saturated rings. The maximum atomic E-state index is 12.9. The monoisotopic (exact) mass is 301 g/mol. The third-order valence-corrected chi connectivity index (χ3v) is 7.09. The highest BCUT2D eigenvalue weighted by Gasteiger charge is 2.40. The second kappa shape index (κ2) is 5.55. The van der Waals surface area contributed by atoms with E-state index >= 15 is 0 Å². The van der Waals surface area contributed by atoms with Gasteiger partial charge in [0.2, 0.25) is 0 Å². The first-order valence-corrected chi connectivity index (χ1v) is 9.32. The van der Waals surface area contributed by atoms with Gasteiger partial charge in [-0.1, -0.05) is 13.8 Å². The smallest absolute Gasteiger partial charge is 0.282 e. The maximum absolute atomic E-state index is 12.9. The van der Waals surface area contributed by atoms with Gasteiger partial charge in [-0.2, -0.15) is 17.0 Å². The normalized spacial score (nSPS) is 40.7. The van der Waals surface area contributed by atoms with E-state index in [4.69, 9.17) is 0 Å². The van der Waals surface area contributed by atoms with Gasteiger partial charge in [0.15, 0.2) is 0 Å². The van der Waals surface area contributed by atoms with Gasteiger partial charge < -0.3 is 5.32 Å². The highest BCUT2D eigenvalue weighted by Crippen LogP contribution is 2.31. The first-order chi connectivity index (χ1) is 9.46. The lowest BCUT2D eigenvalue weighted by Gasteiger charge is -2.40. The molecule has 3 heterocycles. The minimum absolute atomic E-state index is 0.471. The van der Waals surface area contributed by atoms with Gasteiger partial charge in [-0.15, -0.1) is 0 Å². The fraction of sp³-hybridized carbons (Fsp3) is 1.00.